The maximum absolute atomic E-state index is 9.03. The highest BCUT2D eigenvalue weighted by Gasteiger charge is 2.14. The molecule has 0 aromatic heterocycles. The zero-order chi connectivity index (χ0) is 14.8. The summed E-state index contributed by atoms with van der Waals surface area (Å²) in [5.74, 6) is 1.66. The molecule has 0 atom stereocenters. The van der Waals surface area contributed by atoms with E-state index in [4.69, 9.17) is 9.84 Å². The standard InChI is InChI=1S/C18H22O2/c1-13-11-15(18(2,3)4)7-10-17(13)20-16-8-5-14(12-19)6-9-16/h5-11,19H,12H2,1-4H3. The minimum absolute atomic E-state index is 0.0551. The van der Waals surface area contributed by atoms with E-state index in [0.717, 1.165) is 22.6 Å². The van der Waals surface area contributed by atoms with Crippen LogP contribution in [0.3, 0.4) is 0 Å². The Balaban J connectivity index is 2.21. The Morgan fingerprint density at radius 1 is 1.00 bits per heavy atom. The van der Waals surface area contributed by atoms with Crippen LogP contribution in [-0.2, 0) is 12.0 Å². The molecule has 0 unspecified atom stereocenters. The highest BCUT2D eigenvalue weighted by atomic mass is 16.5. The molecule has 2 aromatic rings. The second kappa shape index (κ2) is 5.68. The summed E-state index contributed by atoms with van der Waals surface area (Å²) >= 11 is 0. The number of aryl methyl sites for hydroxylation is 1. The van der Waals surface area contributed by atoms with Crippen molar-refractivity contribution in [2.24, 2.45) is 0 Å². The third kappa shape index (κ3) is 3.40. The average molecular weight is 270 g/mol. The number of aliphatic hydroxyl groups is 1. The smallest absolute Gasteiger partial charge is 0.130 e. The van der Waals surface area contributed by atoms with Crippen molar-refractivity contribution in [2.45, 2.75) is 39.7 Å². The van der Waals surface area contributed by atoms with Crippen LogP contribution >= 0.6 is 0 Å². The molecule has 0 radical (unpaired) electrons. The molecule has 0 spiro atoms. The fourth-order valence-electron chi connectivity index (χ4n) is 2.02. The molecule has 0 saturated heterocycles. The summed E-state index contributed by atoms with van der Waals surface area (Å²) in [6, 6.07) is 13.8. The first-order valence-corrected chi connectivity index (χ1v) is 6.89. The van der Waals surface area contributed by atoms with Gasteiger partial charge in [-0.25, -0.2) is 0 Å². The summed E-state index contributed by atoms with van der Waals surface area (Å²) < 4.78 is 5.89. The van der Waals surface area contributed by atoms with Gasteiger partial charge in [0.25, 0.3) is 0 Å². The Morgan fingerprint density at radius 3 is 2.15 bits per heavy atom. The summed E-state index contributed by atoms with van der Waals surface area (Å²) in [5.41, 5.74) is 3.46. The molecule has 106 valence electrons. The van der Waals surface area contributed by atoms with Crippen LogP contribution in [0.5, 0.6) is 11.5 Å². The normalized spacial score (nSPS) is 11.4. The van der Waals surface area contributed by atoms with Crippen LogP contribution < -0.4 is 4.74 Å². The van der Waals surface area contributed by atoms with E-state index < -0.39 is 0 Å². The Bertz CT molecular complexity index is 577. The van der Waals surface area contributed by atoms with Gasteiger partial charge in [-0.2, -0.15) is 0 Å². The molecule has 2 aromatic carbocycles. The first-order valence-electron chi connectivity index (χ1n) is 6.89. The van der Waals surface area contributed by atoms with Crippen molar-refractivity contribution in [3.05, 3.63) is 59.2 Å². The minimum Gasteiger partial charge on any atom is -0.457 e. The lowest BCUT2D eigenvalue weighted by atomic mass is 9.86. The van der Waals surface area contributed by atoms with Gasteiger partial charge in [-0.05, 0) is 47.2 Å². The van der Waals surface area contributed by atoms with E-state index in [1.54, 1.807) is 0 Å². The molecule has 0 saturated carbocycles. The van der Waals surface area contributed by atoms with Crippen molar-refractivity contribution in [1.29, 1.82) is 0 Å². The van der Waals surface area contributed by atoms with Crippen molar-refractivity contribution >= 4 is 0 Å². The molecule has 0 amide bonds. The molecule has 1 N–H and O–H groups in total. The number of rotatable bonds is 3. The Morgan fingerprint density at radius 2 is 1.65 bits per heavy atom. The van der Waals surface area contributed by atoms with Gasteiger partial charge in [-0.1, -0.05) is 45.0 Å². The molecule has 2 rings (SSSR count). The van der Waals surface area contributed by atoms with Crippen molar-refractivity contribution in [2.75, 3.05) is 0 Å². The molecule has 0 aliphatic rings. The van der Waals surface area contributed by atoms with Gasteiger partial charge in [-0.15, -0.1) is 0 Å². The molecule has 0 heterocycles. The van der Waals surface area contributed by atoms with E-state index in [2.05, 4.69) is 39.8 Å². The van der Waals surface area contributed by atoms with Crippen LogP contribution in [-0.4, -0.2) is 5.11 Å². The van der Waals surface area contributed by atoms with Crippen molar-refractivity contribution in [3.8, 4) is 11.5 Å². The van der Waals surface area contributed by atoms with Crippen molar-refractivity contribution < 1.29 is 9.84 Å². The first kappa shape index (κ1) is 14.6. The molecule has 0 bridgehead atoms. The van der Waals surface area contributed by atoms with E-state index in [1.165, 1.54) is 5.56 Å². The van der Waals surface area contributed by atoms with Gasteiger partial charge in [0, 0.05) is 0 Å². The monoisotopic (exact) mass is 270 g/mol. The Kier molecular flexibility index (Phi) is 4.15. The third-order valence-corrected chi connectivity index (χ3v) is 3.37. The zero-order valence-corrected chi connectivity index (χ0v) is 12.6. The van der Waals surface area contributed by atoms with Crippen LogP contribution in [0.1, 0.15) is 37.5 Å². The molecule has 20 heavy (non-hydrogen) atoms. The Hall–Kier alpha value is -1.80. The van der Waals surface area contributed by atoms with Gasteiger partial charge >= 0.3 is 0 Å². The summed E-state index contributed by atoms with van der Waals surface area (Å²) in [6.45, 7) is 8.73. The number of aliphatic hydroxyl groups excluding tert-OH is 1. The van der Waals surface area contributed by atoms with Crippen LogP contribution in [0.2, 0.25) is 0 Å². The quantitative estimate of drug-likeness (QED) is 0.884. The fourth-order valence-corrected chi connectivity index (χ4v) is 2.02. The van der Waals surface area contributed by atoms with Crippen LogP contribution in [0.4, 0.5) is 0 Å². The van der Waals surface area contributed by atoms with Gasteiger partial charge in [0.1, 0.15) is 11.5 Å². The van der Waals surface area contributed by atoms with Crippen LogP contribution in [0.25, 0.3) is 0 Å². The lowest BCUT2D eigenvalue weighted by Gasteiger charge is -2.20. The van der Waals surface area contributed by atoms with Crippen molar-refractivity contribution in [3.63, 3.8) is 0 Å². The van der Waals surface area contributed by atoms with Crippen LogP contribution in [0.15, 0.2) is 42.5 Å². The third-order valence-electron chi connectivity index (χ3n) is 3.37. The van der Waals surface area contributed by atoms with E-state index >= 15 is 0 Å². The molecular formula is C18H22O2. The summed E-state index contributed by atoms with van der Waals surface area (Å²) in [4.78, 5) is 0. The largest absolute Gasteiger partial charge is 0.457 e. The summed E-state index contributed by atoms with van der Waals surface area (Å²) in [6.07, 6.45) is 0. The SMILES string of the molecule is Cc1cc(C(C)(C)C)ccc1Oc1ccc(CO)cc1. The van der Waals surface area contributed by atoms with Gasteiger partial charge in [0.15, 0.2) is 0 Å². The topological polar surface area (TPSA) is 29.5 Å². The second-order valence-electron chi connectivity index (χ2n) is 6.13. The average Bonchev–Trinajstić information content (AvgIpc) is 2.41. The minimum atomic E-state index is 0.0551. The van der Waals surface area contributed by atoms with E-state index in [1.807, 2.05) is 30.3 Å². The first-order chi connectivity index (χ1) is 9.40. The van der Waals surface area contributed by atoms with E-state index in [-0.39, 0.29) is 12.0 Å². The molecule has 2 heteroatoms. The summed E-state index contributed by atoms with van der Waals surface area (Å²) in [5, 5.41) is 9.03. The fraction of sp³-hybridized carbons (Fsp3) is 0.333. The predicted octanol–water partition coefficient (Wildman–Crippen LogP) is 4.58. The molecular weight excluding hydrogens is 248 g/mol. The lowest BCUT2D eigenvalue weighted by molar-refractivity contribution is 0.281. The van der Waals surface area contributed by atoms with Gasteiger partial charge in [0.2, 0.25) is 0 Å². The number of hydrogen-bond acceptors (Lipinski definition) is 2. The predicted molar refractivity (Wildman–Crippen MR) is 82.3 cm³/mol. The molecule has 0 aliphatic heterocycles. The highest BCUT2D eigenvalue weighted by molar-refractivity contribution is 5.41. The number of hydrogen-bond donors (Lipinski definition) is 1. The second-order valence-corrected chi connectivity index (χ2v) is 6.13. The number of ether oxygens (including phenoxy) is 1. The van der Waals surface area contributed by atoms with E-state index in [0.29, 0.717) is 0 Å². The van der Waals surface area contributed by atoms with Gasteiger partial charge in [0.05, 0.1) is 6.61 Å². The molecule has 2 nitrogen and oxygen atoms in total. The van der Waals surface area contributed by atoms with E-state index in [9.17, 15) is 0 Å². The number of benzene rings is 2. The molecule has 0 fully saturated rings. The summed E-state index contributed by atoms with van der Waals surface area (Å²) in [7, 11) is 0. The lowest BCUT2D eigenvalue weighted by Crippen LogP contribution is -2.11. The highest BCUT2D eigenvalue weighted by Crippen LogP contribution is 2.30. The van der Waals surface area contributed by atoms with Crippen molar-refractivity contribution in [1.82, 2.24) is 0 Å². The molecule has 0 aliphatic carbocycles. The zero-order valence-electron chi connectivity index (χ0n) is 12.6. The van der Waals surface area contributed by atoms with Gasteiger partial charge < -0.3 is 9.84 Å². The maximum Gasteiger partial charge on any atom is 0.130 e. The Labute approximate surface area is 121 Å². The van der Waals surface area contributed by atoms with Crippen LogP contribution in [0, 0.1) is 6.92 Å². The maximum atomic E-state index is 9.03. The van der Waals surface area contributed by atoms with Gasteiger partial charge in [-0.3, -0.25) is 0 Å².